The topological polar surface area (TPSA) is 42.4 Å². The van der Waals surface area contributed by atoms with Gasteiger partial charge in [0.05, 0.1) is 18.4 Å². The Bertz CT molecular complexity index is 416. The number of methoxy groups -OCH3 is 1. The molecule has 1 heterocycles. The zero-order valence-electron chi connectivity index (χ0n) is 9.40. The second kappa shape index (κ2) is 5.51. The van der Waals surface area contributed by atoms with E-state index in [1.165, 1.54) is 7.11 Å². The van der Waals surface area contributed by atoms with Gasteiger partial charge in [0.1, 0.15) is 5.15 Å². The van der Waals surface area contributed by atoms with Gasteiger partial charge in [0, 0.05) is 20.3 Å². The maximum absolute atomic E-state index is 11.2. The number of carbonyl (C=O) groups is 1. The van der Waals surface area contributed by atoms with Crippen molar-refractivity contribution in [3.05, 3.63) is 34.7 Å². The number of pyridine rings is 1. The third-order valence-corrected chi connectivity index (χ3v) is 2.11. The average Bonchev–Trinajstić information content (AvgIpc) is 2.25. The van der Waals surface area contributed by atoms with E-state index in [2.05, 4.69) is 9.72 Å². The number of halogens is 1. The van der Waals surface area contributed by atoms with Crippen LogP contribution in [-0.4, -0.2) is 37.1 Å². The molecule has 0 saturated carbocycles. The van der Waals surface area contributed by atoms with Gasteiger partial charge in [0.25, 0.3) is 0 Å². The van der Waals surface area contributed by atoms with Gasteiger partial charge in [-0.2, -0.15) is 0 Å². The molecule has 0 radical (unpaired) electrons. The molecule has 1 rings (SSSR count). The van der Waals surface area contributed by atoms with Crippen molar-refractivity contribution in [2.24, 2.45) is 0 Å². The van der Waals surface area contributed by atoms with Crippen LogP contribution in [-0.2, 0) is 4.74 Å². The van der Waals surface area contributed by atoms with Crippen LogP contribution in [0.25, 0.3) is 6.08 Å². The van der Waals surface area contributed by atoms with Crippen LogP contribution in [0.3, 0.4) is 0 Å². The average molecular weight is 241 g/mol. The lowest BCUT2D eigenvalue weighted by molar-refractivity contribution is 0.0600. The summed E-state index contributed by atoms with van der Waals surface area (Å²) >= 11 is 5.86. The lowest BCUT2D eigenvalue weighted by atomic mass is 10.2. The molecule has 0 aliphatic rings. The van der Waals surface area contributed by atoms with E-state index in [-0.39, 0.29) is 10.7 Å². The van der Waals surface area contributed by atoms with Crippen LogP contribution >= 0.6 is 11.6 Å². The predicted octanol–water partition coefficient (Wildman–Crippen LogP) is 2.05. The number of rotatable bonds is 3. The number of hydrogen-bond donors (Lipinski definition) is 0. The molecule has 0 fully saturated rings. The Hall–Kier alpha value is -1.55. The highest BCUT2D eigenvalue weighted by Gasteiger charge is 2.11. The van der Waals surface area contributed by atoms with Crippen LogP contribution < -0.4 is 0 Å². The van der Waals surface area contributed by atoms with Gasteiger partial charge < -0.3 is 9.64 Å². The van der Waals surface area contributed by atoms with Crippen molar-refractivity contribution < 1.29 is 9.53 Å². The minimum atomic E-state index is -0.486. The molecular formula is C11H13ClN2O2. The van der Waals surface area contributed by atoms with Gasteiger partial charge >= 0.3 is 5.97 Å². The molecular weight excluding hydrogens is 228 g/mol. The van der Waals surface area contributed by atoms with Gasteiger partial charge in [-0.1, -0.05) is 11.6 Å². The lowest BCUT2D eigenvalue weighted by Gasteiger charge is -2.04. The van der Waals surface area contributed by atoms with E-state index in [1.54, 1.807) is 18.2 Å². The summed E-state index contributed by atoms with van der Waals surface area (Å²) in [6.07, 6.45) is 3.64. The minimum absolute atomic E-state index is 0.146. The predicted molar refractivity (Wildman–Crippen MR) is 63.3 cm³/mol. The summed E-state index contributed by atoms with van der Waals surface area (Å²) in [7, 11) is 5.11. The van der Waals surface area contributed by atoms with Crippen molar-refractivity contribution >= 4 is 23.6 Å². The Morgan fingerprint density at radius 2 is 2.19 bits per heavy atom. The van der Waals surface area contributed by atoms with E-state index in [4.69, 9.17) is 11.6 Å². The summed E-state index contributed by atoms with van der Waals surface area (Å²) in [6, 6.07) is 3.30. The third-order valence-electron chi connectivity index (χ3n) is 1.82. The Morgan fingerprint density at radius 3 is 2.69 bits per heavy atom. The molecule has 5 heteroatoms. The molecule has 0 atom stereocenters. The van der Waals surface area contributed by atoms with Crippen molar-refractivity contribution in [2.75, 3.05) is 21.2 Å². The zero-order valence-corrected chi connectivity index (χ0v) is 10.2. The summed E-state index contributed by atoms with van der Waals surface area (Å²) < 4.78 is 4.57. The maximum atomic E-state index is 11.2. The van der Waals surface area contributed by atoms with E-state index < -0.39 is 5.97 Å². The smallest absolute Gasteiger partial charge is 0.341 e. The van der Waals surface area contributed by atoms with Crippen LogP contribution in [0.4, 0.5) is 0 Å². The Morgan fingerprint density at radius 1 is 1.50 bits per heavy atom. The van der Waals surface area contributed by atoms with Gasteiger partial charge in [0.2, 0.25) is 0 Å². The van der Waals surface area contributed by atoms with Gasteiger partial charge in [-0.25, -0.2) is 9.78 Å². The molecule has 0 spiro atoms. The van der Waals surface area contributed by atoms with E-state index in [0.29, 0.717) is 5.69 Å². The molecule has 0 N–H and O–H groups in total. The maximum Gasteiger partial charge on any atom is 0.341 e. The largest absolute Gasteiger partial charge is 0.465 e. The number of esters is 1. The van der Waals surface area contributed by atoms with E-state index in [0.717, 1.165) is 0 Å². The molecule has 1 aromatic heterocycles. The van der Waals surface area contributed by atoms with Gasteiger partial charge in [0.15, 0.2) is 0 Å². The summed E-state index contributed by atoms with van der Waals surface area (Å²) in [5.74, 6) is -0.486. The summed E-state index contributed by atoms with van der Waals surface area (Å²) in [6.45, 7) is 0. The first-order valence-electron chi connectivity index (χ1n) is 4.64. The second-order valence-electron chi connectivity index (χ2n) is 3.35. The number of carbonyl (C=O) groups excluding carboxylic acids is 1. The highest BCUT2D eigenvalue weighted by Crippen LogP contribution is 2.15. The van der Waals surface area contributed by atoms with Crippen LogP contribution in [0.15, 0.2) is 18.3 Å². The van der Waals surface area contributed by atoms with Crippen molar-refractivity contribution in [1.82, 2.24) is 9.88 Å². The molecule has 0 aliphatic heterocycles. The van der Waals surface area contributed by atoms with E-state index in [1.807, 2.05) is 25.2 Å². The minimum Gasteiger partial charge on any atom is -0.465 e. The van der Waals surface area contributed by atoms with Crippen LogP contribution in [0.1, 0.15) is 16.1 Å². The number of ether oxygens (including phenoxy) is 1. The van der Waals surface area contributed by atoms with Gasteiger partial charge in [-0.15, -0.1) is 0 Å². The van der Waals surface area contributed by atoms with Crippen LogP contribution in [0.2, 0.25) is 5.15 Å². The zero-order chi connectivity index (χ0) is 12.1. The molecule has 16 heavy (non-hydrogen) atoms. The molecule has 0 aliphatic carbocycles. The molecule has 0 amide bonds. The molecule has 0 saturated heterocycles. The lowest BCUT2D eigenvalue weighted by Crippen LogP contribution is -2.04. The first-order chi connectivity index (χ1) is 7.54. The van der Waals surface area contributed by atoms with Gasteiger partial charge in [-0.3, -0.25) is 0 Å². The number of nitrogens with zero attached hydrogens (tertiary/aromatic N) is 2. The van der Waals surface area contributed by atoms with Crippen LogP contribution in [0, 0.1) is 0 Å². The Kier molecular flexibility index (Phi) is 4.31. The Balaban J connectivity index is 2.95. The fourth-order valence-corrected chi connectivity index (χ4v) is 1.27. The van der Waals surface area contributed by atoms with Crippen LogP contribution in [0.5, 0.6) is 0 Å². The second-order valence-corrected chi connectivity index (χ2v) is 3.70. The van der Waals surface area contributed by atoms with E-state index >= 15 is 0 Å². The molecule has 0 unspecified atom stereocenters. The highest BCUT2D eigenvalue weighted by molar-refractivity contribution is 6.32. The standard InChI is InChI=1S/C11H13ClN2O2/c1-14(2)7-6-8-4-5-9(10(12)13-8)11(15)16-3/h4-7H,1-3H3/b7-6+. The monoisotopic (exact) mass is 240 g/mol. The normalized spacial score (nSPS) is 10.5. The highest BCUT2D eigenvalue weighted by atomic mass is 35.5. The molecule has 4 nitrogen and oxygen atoms in total. The van der Waals surface area contributed by atoms with E-state index in [9.17, 15) is 4.79 Å². The van der Waals surface area contributed by atoms with Crippen molar-refractivity contribution in [2.45, 2.75) is 0 Å². The fourth-order valence-electron chi connectivity index (χ4n) is 1.03. The fraction of sp³-hybridized carbons (Fsp3) is 0.273. The molecule has 86 valence electrons. The number of aromatic nitrogens is 1. The molecule has 1 aromatic rings. The summed E-state index contributed by atoms with van der Waals surface area (Å²) in [5, 5.41) is 0.146. The molecule has 0 bridgehead atoms. The quantitative estimate of drug-likeness (QED) is 0.599. The Labute approximate surface area is 99.5 Å². The SMILES string of the molecule is COC(=O)c1ccc(/C=C/N(C)C)nc1Cl. The molecule has 0 aromatic carbocycles. The third kappa shape index (κ3) is 3.24. The summed E-state index contributed by atoms with van der Waals surface area (Å²) in [4.78, 5) is 17.2. The summed E-state index contributed by atoms with van der Waals surface area (Å²) in [5.41, 5.74) is 0.956. The van der Waals surface area contributed by atoms with Crippen molar-refractivity contribution in [3.8, 4) is 0 Å². The van der Waals surface area contributed by atoms with Crippen molar-refractivity contribution in [3.63, 3.8) is 0 Å². The number of hydrogen-bond acceptors (Lipinski definition) is 4. The first kappa shape index (κ1) is 12.5. The van der Waals surface area contributed by atoms with Crippen molar-refractivity contribution in [1.29, 1.82) is 0 Å². The first-order valence-corrected chi connectivity index (χ1v) is 5.02. The van der Waals surface area contributed by atoms with Gasteiger partial charge in [-0.05, 0) is 18.2 Å².